The Morgan fingerprint density at radius 3 is 2.52 bits per heavy atom. The van der Waals surface area contributed by atoms with Crippen LogP contribution in [0, 0.1) is 6.92 Å². The fraction of sp³-hybridized carbons (Fsp3) is 0.440. The van der Waals surface area contributed by atoms with Gasteiger partial charge in [-0.1, -0.05) is 43.3 Å². The van der Waals surface area contributed by atoms with Crippen molar-refractivity contribution in [2.24, 2.45) is 4.99 Å². The maximum absolute atomic E-state index is 12.0. The van der Waals surface area contributed by atoms with Crippen molar-refractivity contribution in [2.45, 2.75) is 52.7 Å². The number of aryl methyl sites for hydroxylation is 1. The van der Waals surface area contributed by atoms with Crippen molar-refractivity contribution in [3.05, 3.63) is 64.7 Å². The number of carbonyl (C=O) groups is 1. The lowest BCUT2D eigenvalue weighted by atomic mass is 10.1. The first-order valence-electron chi connectivity index (χ1n) is 11.1. The SMILES string of the molecule is CCCOc1cc(C)ccc1CNC(=NC)NCc1ccccc1CN1CCCC1=O. The highest BCUT2D eigenvalue weighted by molar-refractivity contribution is 5.80. The third kappa shape index (κ3) is 6.48. The molecule has 6 heteroatoms. The third-order valence-corrected chi connectivity index (χ3v) is 5.45. The number of benzene rings is 2. The van der Waals surface area contributed by atoms with Crippen LogP contribution in [0.15, 0.2) is 47.5 Å². The molecule has 1 saturated heterocycles. The summed E-state index contributed by atoms with van der Waals surface area (Å²) in [4.78, 5) is 18.3. The predicted octanol–water partition coefficient (Wildman–Crippen LogP) is 3.77. The van der Waals surface area contributed by atoms with Crippen molar-refractivity contribution < 1.29 is 9.53 Å². The van der Waals surface area contributed by atoms with Crippen molar-refractivity contribution in [2.75, 3.05) is 20.2 Å². The first-order chi connectivity index (χ1) is 15.1. The Morgan fingerprint density at radius 2 is 1.84 bits per heavy atom. The molecular formula is C25H34N4O2. The lowest BCUT2D eigenvalue weighted by Gasteiger charge is -2.19. The lowest BCUT2D eigenvalue weighted by Crippen LogP contribution is -2.36. The summed E-state index contributed by atoms with van der Waals surface area (Å²) in [6, 6.07) is 14.5. The molecule has 0 saturated carbocycles. The second-order valence-electron chi connectivity index (χ2n) is 7.93. The molecule has 0 bridgehead atoms. The summed E-state index contributed by atoms with van der Waals surface area (Å²) < 4.78 is 5.92. The Bertz CT molecular complexity index is 910. The van der Waals surface area contributed by atoms with Gasteiger partial charge in [-0.3, -0.25) is 9.79 Å². The summed E-state index contributed by atoms with van der Waals surface area (Å²) in [5.41, 5.74) is 4.64. The van der Waals surface area contributed by atoms with E-state index in [0.29, 0.717) is 32.7 Å². The summed E-state index contributed by atoms with van der Waals surface area (Å²) in [6.07, 6.45) is 2.60. The molecule has 6 nitrogen and oxygen atoms in total. The molecule has 1 aliphatic heterocycles. The van der Waals surface area contributed by atoms with Gasteiger partial charge in [-0.05, 0) is 42.5 Å². The molecule has 2 aromatic carbocycles. The molecule has 0 unspecified atom stereocenters. The minimum absolute atomic E-state index is 0.249. The van der Waals surface area contributed by atoms with Crippen LogP contribution in [0.1, 0.15) is 48.4 Å². The number of carbonyl (C=O) groups excluding carboxylic acids is 1. The van der Waals surface area contributed by atoms with Crippen molar-refractivity contribution in [1.29, 1.82) is 0 Å². The maximum Gasteiger partial charge on any atom is 0.222 e. The molecule has 0 spiro atoms. The first kappa shape index (κ1) is 22.7. The van der Waals surface area contributed by atoms with Gasteiger partial charge in [0.25, 0.3) is 0 Å². The number of amides is 1. The number of ether oxygens (including phenoxy) is 1. The molecule has 3 rings (SSSR count). The minimum Gasteiger partial charge on any atom is -0.493 e. The van der Waals surface area contributed by atoms with Crippen LogP contribution in [0.2, 0.25) is 0 Å². The van der Waals surface area contributed by atoms with E-state index in [-0.39, 0.29) is 5.91 Å². The highest BCUT2D eigenvalue weighted by Crippen LogP contribution is 2.21. The second kappa shape index (κ2) is 11.4. The van der Waals surface area contributed by atoms with Crippen LogP contribution < -0.4 is 15.4 Å². The van der Waals surface area contributed by atoms with E-state index in [4.69, 9.17) is 4.74 Å². The van der Waals surface area contributed by atoms with Crippen LogP contribution in [0.4, 0.5) is 0 Å². The third-order valence-electron chi connectivity index (χ3n) is 5.45. The highest BCUT2D eigenvalue weighted by atomic mass is 16.5. The predicted molar refractivity (Wildman–Crippen MR) is 125 cm³/mol. The molecule has 166 valence electrons. The normalized spacial score (nSPS) is 14.1. The molecule has 0 radical (unpaired) electrons. The lowest BCUT2D eigenvalue weighted by molar-refractivity contribution is -0.128. The average molecular weight is 423 g/mol. The smallest absolute Gasteiger partial charge is 0.222 e. The molecular weight excluding hydrogens is 388 g/mol. The summed E-state index contributed by atoms with van der Waals surface area (Å²) >= 11 is 0. The van der Waals surface area contributed by atoms with Crippen molar-refractivity contribution in [1.82, 2.24) is 15.5 Å². The summed E-state index contributed by atoms with van der Waals surface area (Å²) in [5, 5.41) is 6.79. The van der Waals surface area contributed by atoms with Crippen LogP contribution in [0.3, 0.4) is 0 Å². The minimum atomic E-state index is 0.249. The fourth-order valence-electron chi connectivity index (χ4n) is 3.69. The molecule has 1 heterocycles. The molecule has 1 amide bonds. The van der Waals surface area contributed by atoms with Gasteiger partial charge in [0.2, 0.25) is 5.91 Å². The topological polar surface area (TPSA) is 66.0 Å². The zero-order chi connectivity index (χ0) is 22.1. The van der Waals surface area contributed by atoms with Gasteiger partial charge in [-0.25, -0.2) is 0 Å². The largest absolute Gasteiger partial charge is 0.493 e. The number of nitrogens with zero attached hydrogens (tertiary/aromatic N) is 2. The number of rotatable bonds is 9. The Balaban J connectivity index is 1.59. The summed E-state index contributed by atoms with van der Waals surface area (Å²) in [5.74, 6) is 1.90. The quantitative estimate of drug-likeness (QED) is 0.477. The number of hydrogen-bond acceptors (Lipinski definition) is 3. The average Bonchev–Trinajstić information content (AvgIpc) is 3.18. The molecule has 2 aromatic rings. The summed E-state index contributed by atoms with van der Waals surface area (Å²) in [6.45, 7) is 7.68. The Morgan fingerprint density at radius 1 is 1.10 bits per heavy atom. The number of nitrogens with one attached hydrogen (secondary N) is 2. The van der Waals surface area contributed by atoms with Gasteiger partial charge in [0.05, 0.1) is 6.61 Å². The molecule has 0 atom stereocenters. The first-order valence-corrected chi connectivity index (χ1v) is 11.1. The zero-order valence-electron chi connectivity index (χ0n) is 18.9. The molecule has 1 aliphatic rings. The van der Waals surface area contributed by atoms with E-state index in [9.17, 15) is 4.79 Å². The number of guanidine groups is 1. The van der Waals surface area contributed by atoms with Gasteiger partial charge < -0.3 is 20.3 Å². The molecule has 1 fully saturated rings. The van der Waals surface area contributed by atoms with Gasteiger partial charge in [0.15, 0.2) is 5.96 Å². The van der Waals surface area contributed by atoms with E-state index in [2.05, 4.69) is 59.8 Å². The molecule has 0 aromatic heterocycles. The fourth-order valence-corrected chi connectivity index (χ4v) is 3.69. The van der Waals surface area contributed by atoms with Crippen molar-refractivity contribution >= 4 is 11.9 Å². The molecule has 31 heavy (non-hydrogen) atoms. The Hall–Kier alpha value is -3.02. The second-order valence-corrected chi connectivity index (χ2v) is 7.93. The van der Waals surface area contributed by atoms with Gasteiger partial charge in [-0.15, -0.1) is 0 Å². The summed E-state index contributed by atoms with van der Waals surface area (Å²) in [7, 11) is 1.77. The van der Waals surface area contributed by atoms with Crippen LogP contribution in [-0.4, -0.2) is 37.0 Å². The van der Waals surface area contributed by atoms with Gasteiger partial charge in [0, 0.05) is 45.2 Å². The van der Waals surface area contributed by atoms with Gasteiger partial charge >= 0.3 is 0 Å². The number of hydrogen-bond donors (Lipinski definition) is 2. The van der Waals surface area contributed by atoms with E-state index < -0.39 is 0 Å². The maximum atomic E-state index is 12.0. The van der Waals surface area contributed by atoms with E-state index in [1.807, 2.05) is 17.0 Å². The Labute approximate surface area is 185 Å². The molecule has 2 N–H and O–H groups in total. The number of likely N-dealkylation sites (tertiary alicyclic amines) is 1. The van der Waals surface area contributed by atoms with Gasteiger partial charge in [-0.2, -0.15) is 0 Å². The van der Waals surface area contributed by atoms with E-state index >= 15 is 0 Å². The van der Waals surface area contributed by atoms with Crippen LogP contribution in [0.5, 0.6) is 5.75 Å². The zero-order valence-corrected chi connectivity index (χ0v) is 18.9. The highest BCUT2D eigenvalue weighted by Gasteiger charge is 2.20. The van der Waals surface area contributed by atoms with Crippen LogP contribution in [0.25, 0.3) is 0 Å². The van der Waals surface area contributed by atoms with E-state index in [1.54, 1.807) is 7.05 Å². The van der Waals surface area contributed by atoms with Crippen LogP contribution >= 0.6 is 0 Å². The van der Waals surface area contributed by atoms with E-state index in [1.165, 1.54) is 16.7 Å². The van der Waals surface area contributed by atoms with E-state index in [0.717, 1.165) is 36.7 Å². The number of aliphatic imine (C=N–C) groups is 1. The Kier molecular flexibility index (Phi) is 8.33. The monoisotopic (exact) mass is 422 g/mol. The standard InChI is InChI=1S/C25H34N4O2/c1-4-14-31-23-15-19(2)11-12-21(23)17-28-25(26-3)27-16-20-8-5-6-9-22(20)18-29-13-7-10-24(29)30/h5-6,8-9,11-12,15H,4,7,10,13-14,16-18H2,1-3H3,(H2,26,27,28). The van der Waals surface area contributed by atoms with Crippen molar-refractivity contribution in [3.63, 3.8) is 0 Å². The van der Waals surface area contributed by atoms with Crippen molar-refractivity contribution in [3.8, 4) is 5.75 Å². The van der Waals surface area contributed by atoms with Crippen LogP contribution in [-0.2, 0) is 24.4 Å². The van der Waals surface area contributed by atoms with Gasteiger partial charge in [0.1, 0.15) is 5.75 Å². The molecule has 0 aliphatic carbocycles.